The first-order valence-electron chi connectivity index (χ1n) is 8.41. The van der Waals surface area contributed by atoms with Gasteiger partial charge in [-0.3, -0.25) is 14.5 Å². The first-order chi connectivity index (χ1) is 11.5. The molecule has 1 fully saturated rings. The van der Waals surface area contributed by atoms with Gasteiger partial charge in [-0.2, -0.15) is 0 Å². The fourth-order valence-electron chi connectivity index (χ4n) is 3.05. The molecule has 1 saturated heterocycles. The third-order valence-corrected chi connectivity index (χ3v) is 4.88. The van der Waals surface area contributed by atoms with Crippen LogP contribution < -0.4 is 11.1 Å². The van der Waals surface area contributed by atoms with Crippen LogP contribution in [-0.2, 0) is 14.3 Å². The van der Waals surface area contributed by atoms with E-state index in [-0.39, 0.29) is 24.4 Å². The van der Waals surface area contributed by atoms with E-state index in [0.717, 1.165) is 12.1 Å². The standard InChI is InChI=1S/C18H27N3O3/c1-3-21(2)15(14-7-5-4-6-8-14)16(22)20-13-18(17(19)23)9-11-24-12-10-18/h4-8,15H,3,9-13H2,1-2H3,(H2,19,23)(H,20,22). The summed E-state index contributed by atoms with van der Waals surface area (Å²) in [6.45, 7) is 3.99. The zero-order valence-electron chi connectivity index (χ0n) is 14.5. The molecule has 24 heavy (non-hydrogen) atoms. The van der Waals surface area contributed by atoms with Gasteiger partial charge in [0.05, 0.1) is 5.41 Å². The van der Waals surface area contributed by atoms with Gasteiger partial charge in [-0.1, -0.05) is 37.3 Å². The molecular formula is C18H27N3O3. The highest BCUT2D eigenvalue weighted by atomic mass is 16.5. The highest BCUT2D eigenvalue weighted by Gasteiger charge is 2.39. The highest BCUT2D eigenvalue weighted by Crippen LogP contribution is 2.30. The zero-order chi connectivity index (χ0) is 17.6. The van der Waals surface area contributed by atoms with Crippen molar-refractivity contribution in [2.75, 3.05) is 33.4 Å². The van der Waals surface area contributed by atoms with Gasteiger partial charge >= 0.3 is 0 Å². The molecule has 1 aromatic rings. The molecule has 132 valence electrons. The maximum absolute atomic E-state index is 12.8. The second-order valence-corrected chi connectivity index (χ2v) is 6.36. The molecule has 3 N–H and O–H groups in total. The number of rotatable bonds is 7. The highest BCUT2D eigenvalue weighted by molar-refractivity contribution is 5.85. The van der Waals surface area contributed by atoms with Gasteiger partial charge in [0.2, 0.25) is 11.8 Å². The molecule has 0 saturated carbocycles. The Kier molecular flexibility index (Phi) is 6.34. The third kappa shape index (κ3) is 4.13. The van der Waals surface area contributed by atoms with Crippen LogP contribution in [0.4, 0.5) is 0 Å². The molecule has 1 unspecified atom stereocenters. The fraction of sp³-hybridized carbons (Fsp3) is 0.556. The summed E-state index contributed by atoms with van der Waals surface area (Å²) in [4.78, 5) is 26.7. The third-order valence-electron chi connectivity index (χ3n) is 4.88. The smallest absolute Gasteiger partial charge is 0.241 e. The number of amides is 2. The number of carbonyl (C=O) groups excluding carboxylic acids is 2. The van der Waals surface area contributed by atoms with Crippen molar-refractivity contribution < 1.29 is 14.3 Å². The number of nitrogens with one attached hydrogen (secondary N) is 1. The summed E-state index contributed by atoms with van der Waals surface area (Å²) in [6.07, 6.45) is 1.09. The van der Waals surface area contributed by atoms with Crippen LogP contribution in [0.2, 0.25) is 0 Å². The van der Waals surface area contributed by atoms with Crippen LogP contribution in [0.5, 0.6) is 0 Å². The number of nitrogens with zero attached hydrogens (tertiary/aromatic N) is 1. The Bertz CT molecular complexity index is 556. The monoisotopic (exact) mass is 333 g/mol. The van der Waals surface area contributed by atoms with Crippen LogP contribution in [0, 0.1) is 5.41 Å². The van der Waals surface area contributed by atoms with Gasteiger partial charge in [-0.15, -0.1) is 0 Å². The Morgan fingerprint density at radius 2 is 1.92 bits per heavy atom. The fourth-order valence-corrected chi connectivity index (χ4v) is 3.05. The molecule has 1 heterocycles. The lowest BCUT2D eigenvalue weighted by atomic mass is 9.79. The molecule has 2 amide bonds. The van der Waals surface area contributed by atoms with Crippen molar-refractivity contribution in [2.45, 2.75) is 25.8 Å². The number of likely N-dealkylation sites (N-methyl/N-ethyl adjacent to an activating group) is 1. The number of hydrogen-bond acceptors (Lipinski definition) is 4. The Hall–Kier alpha value is -1.92. The number of carbonyl (C=O) groups is 2. The molecule has 1 aliphatic heterocycles. The van der Waals surface area contributed by atoms with Crippen LogP contribution in [0.3, 0.4) is 0 Å². The van der Waals surface area contributed by atoms with Gasteiger partial charge in [-0.25, -0.2) is 0 Å². The summed E-state index contributed by atoms with van der Waals surface area (Å²) in [7, 11) is 1.91. The normalized spacial score (nSPS) is 18.1. The van der Waals surface area contributed by atoms with E-state index in [1.807, 2.05) is 49.2 Å². The minimum absolute atomic E-state index is 0.113. The molecule has 0 aliphatic carbocycles. The van der Waals surface area contributed by atoms with Crippen LogP contribution >= 0.6 is 0 Å². The van der Waals surface area contributed by atoms with Crippen LogP contribution in [0.1, 0.15) is 31.4 Å². The average molecular weight is 333 g/mol. The lowest BCUT2D eigenvalue weighted by molar-refractivity contribution is -0.134. The lowest BCUT2D eigenvalue weighted by Gasteiger charge is -2.35. The van der Waals surface area contributed by atoms with Crippen molar-refractivity contribution in [3.63, 3.8) is 0 Å². The molecule has 1 aromatic carbocycles. The van der Waals surface area contributed by atoms with E-state index < -0.39 is 5.41 Å². The number of nitrogens with two attached hydrogens (primary N) is 1. The molecule has 0 spiro atoms. The molecule has 1 atom stereocenters. The summed E-state index contributed by atoms with van der Waals surface area (Å²) in [5.74, 6) is -0.483. The van der Waals surface area contributed by atoms with Crippen LogP contribution in [-0.4, -0.2) is 50.1 Å². The van der Waals surface area contributed by atoms with E-state index in [1.54, 1.807) is 0 Å². The first kappa shape index (κ1) is 18.4. The Labute approximate surface area is 143 Å². The van der Waals surface area contributed by atoms with Gasteiger partial charge in [0.15, 0.2) is 0 Å². The number of hydrogen-bond donors (Lipinski definition) is 2. The number of benzene rings is 1. The predicted octanol–water partition coefficient (Wildman–Crippen LogP) is 1.08. The summed E-state index contributed by atoms with van der Waals surface area (Å²) in [6, 6.07) is 9.25. The summed E-state index contributed by atoms with van der Waals surface area (Å²) in [5, 5.41) is 2.95. The Morgan fingerprint density at radius 1 is 1.29 bits per heavy atom. The Morgan fingerprint density at radius 3 is 2.46 bits per heavy atom. The minimum atomic E-state index is -0.708. The molecule has 0 aromatic heterocycles. The molecule has 2 rings (SSSR count). The van der Waals surface area contributed by atoms with Gasteiger partial charge in [0, 0.05) is 19.8 Å². The van der Waals surface area contributed by atoms with E-state index >= 15 is 0 Å². The quantitative estimate of drug-likeness (QED) is 0.782. The molecule has 6 nitrogen and oxygen atoms in total. The van der Waals surface area contributed by atoms with Crippen LogP contribution in [0.25, 0.3) is 0 Å². The van der Waals surface area contributed by atoms with Crippen LogP contribution in [0.15, 0.2) is 30.3 Å². The molecular weight excluding hydrogens is 306 g/mol. The van der Waals surface area contributed by atoms with E-state index in [1.165, 1.54) is 0 Å². The molecule has 0 bridgehead atoms. The largest absolute Gasteiger partial charge is 0.381 e. The maximum atomic E-state index is 12.8. The van der Waals surface area contributed by atoms with E-state index in [2.05, 4.69) is 5.32 Å². The number of ether oxygens (including phenoxy) is 1. The van der Waals surface area contributed by atoms with Crippen molar-refractivity contribution in [2.24, 2.45) is 11.1 Å². The molecule has 1 aliphatic rings. The summed E-state index contributed by atoms with van der Waals surface area (Å²) in [5.41, 5.74) is 5.83. The Balaban J connectivity index is 2.11. The predicted molar refractivity (Wildman–Crippen MR) is 92.2 cm³/mol. The second-order valence-electron chi connectivity index (χ2n) is 6.36. The van der Waals surface area contributed by atoms with Gasteiger partial charge in [0.1, 0.15) is 6.04 Å². The van der Waals surface area contributed by atoms with E-state index in [9.17, 15) is 9.59 Å². The van der Waals surface area contributed by atoms with Crippen molar-refractivity contribution >= 4 is 11.8 Å². The molecule has 6 heteroatoms. The minimum Gasteiger partial charge on any atom is -0.381 e. The van der Waals surface area contributed by atoms with E-state index in [0.29, 0.717) is 26.1 Å². The van der Waals surface area contributed by atoms with Crippen molar-refractivity contribution in [3.8, 4) is 0 Å². The summed E-state index contributed by atoms with van der Waals surface area (Å²) >= 11 is 0. The summed E-state index contributed by atoms with van der Waals surface area (Å²) < 4.78 is 5.33. The van der Waals surface area contributed by atoms with Crippen molar-refractivity contribution in [1.29, 1.82) is 0 Å². The van der Waals surface area contributed by atoms with Gasteiger partial charge in [0.25, 0.3) is 0 Å². The molecule has 0 radical (unpaired) electrons. The van der Waals surface area contributed by atoms with Gasteiger partial charge < -0.3 is 15.8 Å². The topological polar surface area (TPSA) is 84.7 Å². The lowest BCUT2D eigenvalue weighted by Crippen LogP contribution is -2.51. The SMILES string of the molecule is CCN(C)C(C(=O)NCC1(C(N)=O)CCOCC1)c1ccccc1. The second kappa shape index (κ2) is 8.26. The number of primary amides is 1. The average Bonchev–Trinajstić information content (AvgIpc) is 2.61. The maximum Gasteiger partial charge on any atom is 0.241 e. The van der Waals surface area contributed by atoms with Crippen molar-refractivity contribution in [1.82, 2.24) is 10.2 Å². The first-order valence-corrected chi connectivity index (χ1v) is 8.41. The van der Waals surface area contributed by atoms with E-state index in [4.69, 9.17) is 10.5 Å². The van der Waals surface area contributed by atoms with Crippen molar-refractivity contribution in [3.05, 3.63) is 35.9 Å². The zero-order valence-corrected chi connectivity index (χ0v) is 14.5. The van der Waals surface area contributed by atoms with Gasteiger partial charge in [-0.05, 0) is 32.0 Å².